The van der Waals surface area contributed by atoms with E-state index in [0.29, 0.717) is 23.0 Å². The molecule has 4 saturated carbocycles. The van der Waals surface area contributed by atoms with E-state index in [4.69, 9.17) is 4.74 Å². The number of para-hydroxylation sites is 1. The molecule has 4 atom stereocenters. The van der Waals surface area contributed by atoms with E-state index in [-0.39, 0.29) is 0 Å². The van der Waals surface area contributed by atoms with Crippen molar-refractivity contribution in [2.24, 2.45) is 16.7 Å². The van der Waals surface area contributed by atoms with Crippen LogP contribution in [0.25, 0.3) is 0 Å². The quantitative estimate of drug-likeness (QED) is 0.658. The van der Waals surface area contributed by atoms with Gasteiger partial charge < -0.3 is 10.1 Å². The molecule has 2 heteroatoms. The van der Waals surface area contributed by atoms with Gasteiger partial charge in [0.2, 0.25) is 0 Å². The number of hydrogen-bond acceptors (Lipinski definition) is 2. The zero-order valence-electron chi connectivity index (χ0n) is 17.3. The Morgan fingerprint density at radius 3 is 2.25 bits per heavy atom. The molecule has 4 fully saturated rings. The Balaban J connectivity index is 1.30. The molecule has 2 unspecified atom stereocenters. The number of hydrogen-bond donors (Lipinski definition) is 1. The monoisotopic (exact) mass is 375 g/mol. The van der Waals surface area contributed by atoms with Gasteiger partial charge in [-0.15, -0.1) is 0 Å². The summed E-state index contributed by atoms with van der Waals surface area (Å²) in [5.74, 6) is 1.93. The third-order valence-corrected chi connectivity index (χ3v) is 7.49. The fraction of sp³-hybridized carbons (Fsp3) is 0.538. The van der Waals surface area contributed by atoms with Crippen molar-refractivity contribution in [1.29, 1.82) is 0 Å². The molecule has 0 spiro atoms. The average Bonchev–Trinajstić information content (AvgIpc) is 2.63. The van der Waals surface area contributed by atoms with Gasteiger partial charge in [0, 0.05) is 17.6 Å². The van der Waals surface area contributed by atoms with Crippen LogP contribution in [0.15, 0.2) is 54.6 Å². The lowest BCUT2D eigenvalue weighted by Crippen LogP contribution is -2.63. The standard InChI is InChI=1S/C26H33NO/c1-24-12-21-13-25(2,17-24)19-26(14-21,18-24)27-15-22-10-6-7-11-23(22)28-16-20-8-4-3-5-9-20/h3-11,21,27H,12-19H2,1-2H3/t21?,24-,25+,26?. The van der Waals surface area contributed by atoms with Crippen molar-refractivity contribution in [1.82, 2.24) is 5.32 Å². The summed E-state index contributed by atoms with van der Waals surface area (Å²) >= 11 is 0. The van der Waals surface area contributed by atoms with Crippen LogP contribution in [0.3, 0.4) is 0 Å². The van der Waals surface area contributed by atoms with Crippen molar-refractivity contribution in [3.8, 4) is 5.75 Å². The molecule has 4 aliphatic carbocycles. The van der Waals surface area contributed by atoms with Crippen molar-refractivity contribution in [2.45, 2.75) is 71.1 Å². The summed E-state index contributed by atoms with van der Waals surface area (Å²) in [6, 6.07) is 19.0. The Kier molecular flexibility index (Phi) is 4.32. The smallest absolute Gasteiger partial charge is 0.124 e. The Morgan fingerprint density at radius 1 is 0.857 bits per heavy atom. The Morgan fingerprint density at radius 2 is 1.54 bits per heavy atom. The number of nitrogens with one attached hydrogen (secondary N) is 1. The molecule has 4 aliphatic rings. The van der Waals surface area contributed by atoms with Gasteiger partial charge in [0.15, 0.2) is 0 Å². The van der Waals surface area contributed by atoms with Gasteiger partial charge in [-0.25, -0.2) is 0 Å². The molecular weight excluding hydrogens is 342 g/mol. The molecule has 28 heavy (non-hydrogen) atoms. The second-order valence-corrected chi connectivity index (χ2v) is 10.6. The normalized spacial score (nSPS) is 35.9. The summed E-state index contributed by atoms with van der Waals surface area (Å²) in [7, 11) is 0. The first-order valence-corrected chi connectivity index (χ1v) is 10.9. The van der Waals surface area contributed by atoms with E-state index in [1.807, 2.05) is 6.07 Å². The van der Waals surface area contributed by atoms with E-state index in [1.54, 1.807) is 0 Å². The molecular formula is C26H33NO. The van der Waals surface area contributed by atoms with Crippen LogP contribution in [-0.2, 0) is 13.2 Å². The van der Waals surface area contributed by atoms with E-state index < -0.39 is 0 Å². The average molecular weight is 376 g/mol. The summed E-state index contributed by atoms with van der Waals surface area (Å²) in [4.78, 5) is 0. The second kappa shape index (κ2) is 6.62. The first kappa shape index (κ1) is 18.2. The molecule has 1 N–H and O–H groups in total. The van der Waals surface area contributed by atoms with Gasteiger partial charge >= 0.3 is 0 Å². The maximum absolute atomic E-state index is 6.19. The highest BCUT2D eigenvalue weighted by Crippen LogP contribution is 2.66. The molecule has 148 valence electrons. The molecule has 0 radical (unpaired) electrons. The minimum Gasteiger partial charge on any atom is -0.489 e. The molecule has 2 aromatic carbocycles. The summed E-state index contributed by atoms with van der Waals surface area (Å²) in [6.07, 6.45) is 8.38. The number of benzene rings is 2. The Bertz CT molecular complexity index is 827. The Hall–Kier alpha value is -1.80. The summed E-state index contributed by atoms with van der Waals surface area (Å²) in [5.41, 5.74) is 3.92. The summed E-state index contributed by atoms with van der Waals surface area (Å²) in [5, 5.41) is 4.05. The molecule has 2 nitrogen and oxygen atoms in total. The van der Waals surface area contributed by atoms with Gasteiger partial charge in [-0.05, 0) is 66.9 Å². The molecule has 0 amide bonds. The minimum absolute atomic E-state index is 0.329. The van der Waals surface area contributed by atoms with E-state index in [1.165, 1.54) is 49.7 Å². The highest BCUT2D eigenvalue weighted by Gasteiger charge is 2.59. The van der Waals surface area contributed by atoms with E-state index in [9.17, 15) is 0 Å². The van der Waals surface area contributed by atoms with Gasteiger partial charge in [0.05, 0.1) is 0 Å². The molecule has 6 rings (SSSR count). The molecule has 0 saturated heterocycles. The van der Waals surface area contributed by atoms with Gasteiger partial charge in [-0.1, -0.05) is 62.4 Å². The van der Waals surface area contributed by atoms with Gasteiger partial charge in [-0.3, -0.25) is 0 Å². The zero-order chi connectivity index (χ0) is 19.2. The largest absolute Gasteiger partial charge is 0.489 e. The van der Waals surface area contributed by atoms with E-state index >= 15 is 0 Å². The van der Waals surface area contributed by atoms with Crippen LogP contribution in [0.1, 0.15) is 63.5 Å². The van der Waals surface area contributed by atoms with Crippen LogP contribution < -0.4 is 10.1 Å². The van der Waals surface area contributed by atoms with Crippen molar-refractivity contribution in [2.75, 3.05) is 0 Å². The fourth-order valence-electron chi connectivity index (χ4n) is 7.45. The van der Waals surface area contributed by atoms with E-state index in [0.717, 1.165) is 18.2 Å². The predicted molar refractivity (Wildman–Crippen MR) is 114 cm³/mol. The molecule has 2 aromatic rings. The van der Waals surface area contributed by atoms with Crippen LogP contribution in [0.2, 0.25) is 0 Å². The van der Waals surface area contributed by atoms with Crippen molar-refractivity contribution < 1.29 is 4.74 Å². The topological polar surface area (TPSA) is 21.3 Å². The second-order valence-electron chi connectivity index (χ2n) is 10.6. The Labute approximate surface area is 169 Å². The summed E-state index contributed by atoms with van der Waals surface area (Å²) < 4.78 is 6.19. The number of rotatable bonds is 6. The van der Waals surface area contributed by atoms with Crippen molar-refractivity contribution in [3.05, 3.63) is 65.7 Å². The summed E-state index contributed by atoms with van der Waals surface area (Å²) in [6.45, 7) is 6.62. The molecule has 4 bridgehead atoms. The predicted octanol–water partition coefficient (Wildman–Crippen LogP) is 6.10. The third-order valence-electron chi connectivity index (χ3n) is 7.49. The molecule has 0 aromatic heterocycles. The lowest BCUT2D eigenvalue weighted by molar-refractivity contribution is -0.118. The minimum atomic E-state index is 0.329. The van der Waals surface area contributed by atoms with Crippen LogP contribution in [0.4, 0.5) is 0 Å². The maximum atomic E-state index is 6.19. The lowest BCUT2D eigenvalue weighted by Gasteiger charge is -2.65. The van der Waals surface area contributed by atoms with Crippen molar-refractivity contribution in [3.63, 3.8) is 0 Å². The highest BCUT2D eigenvalue weighted by molar-refractivity contribution is 5.34. The third kappa shape index (κ3) is 3.48. The van der Waals surface area contributed by atoms with Gasteiger partial charge in [0.25, 0.3) is 0 Å². The van der Waals surface area contributed by atoms with Gasteiger partial charge in [-0.2, -0.15) is 0 Å². The van der Waals surface area contributed by atoms with Gasteiger partial charge in [0.1, 0.15) is 12.4 Å². The lowest BCUT2D eigenvalue weighted by atomic mass is 9.43. The zero-order valence-corrected chi connectivity index (χ0v) is 17.3. The van der Waals surface area contributed by atoms with Crippen LogP contribution in [0, 0.1) is 16.7 Å². The first-order valence-electron chi connectivity index (χ1n) is 10.9. The first-order chi connectivity index (χ1) is 13.5. The van der Waals surface area contributed by atoms with Crippen LogP contribution in [-0.4, -0.2) is 5.54 Å². The fourth-order valence-corrected chi connectivity index (χ4v) is 7.45. The van der Waals surface area contributed by atoms with E-state index in [2.05, 4.69) is 67.7 Å². The van der Waals surface area contributed by atoms with Crippen LogP contribution in [0.5, 0.6) is 5.75 Å². The van der Waals surface area contributed by atoms with Crippen molar-refractivity contribution >= 4 is 0 Å². The van der Waals surface area contributed by atoms with Crippen LogP contribution >= 0.6 is 0 Å². The molecule has 0 aliphatic heterocycles. The number of ether oxygens (including phenoxy) is 1. The highest BCUT2D eigenvalue weighted by atomic mass is 16.5. The maximum Gasteiger partial charge on any atom is 0.124 e. The SMILES string of the molecule is C[C@]12CC3CC(NCc4ccccc4OCc4ccccc4)(C1)C[C@@](C)(C3)C2. The molecule has 0 heterocycles.